The minimum atomic E-state index is -0.309. The van der Waals surface area contributed by atoms with Crippen molar-refractivity contribution >= 4 is 16.6 Å². The minimum absolute atomic E-state index is 0.0560. The zero-order chi connectivity index (χ0) is 20.2. The third-order valence-electron chi connectivity index (χ3n) is 4.55. The van der Waals surface area contributed by atoms with E-state index in [1.54, 1.807) is 12.1 Å². The van der Waals surface area contributed by atoms with E-state index in [1.807, 2.05) is 55.5 Å². The average Bonchev–Trinajstić information content (AvgIpc) is 2.73. The van der Waals surface area contributed by atoms with Gasteiger partial charge >= 0.3 is 0 Å². The van der Waals surface area contributed by atoms with E-state index < -0.39 is 0 Å². The van der Waals surface area contributed by atoms with Gasteiger partial charge < -0.3 is 9.72 Å². The molecular formula is C23H20N4O2. The van der Waals surface area contributed by atoms with E-state index >= 15 is 0 Å². The summed E-state index contributed by atoms with van der Waals surface area (Å²) in [5.74, 6) is 0.841. The molecule has 0 radical (unpaired) electrons. The highest BCUT2D eigenvalue weighted by atomic mass is 16.5. The monoisotopic (exact) mass is 384 g/mol. The van der Waals surface area contributed by atoms with E-state index in [-0.39, 0.29) is 23.6 Å². The SMILES string of the molecule is Cc1ccc2ccccc2c1OCc1cc(=O)[nH]/c(=N\C(=N)c2ccccc2)[nH]1. The summed E-state index contributed by atoms with van der Waals surface area (Å²) in [6, 6.07) is 22.6. The van der Waals surface area contributed by atoms with Crippen molar-refractivity contribution in [3.8, 4) is 5.75 Å². The number of aromatic nitrogens is 2. The molecule has 6 nitrogen and oxygen atoms in total. The van der Waals surface area contributed by atoms with Gasteiger partial charge in [0.15, 0.2) is 5.84 Å². The largest absolute Gasteiger partial charge is 0.486 e. The molecule has 4 rings (SSSR count). The highest BCUT2D eigenvalue weighted by molar-refractivity contribution is 5.96. The maximum absolute atomic E-state index is 12.1. The smallest absolute Gasteiger partial charge is 0.252 e. The van der Waals surface area contributed by atoms with Crippen LogP contribution in [0.1, 0.15) is 16.8 Å². The standard InChI is InChI=1S/C23H20N4O2/c1-15-11-12-16-7-5-6-10-19(16)21(15)29-14-18-13-20(28)26-23(25-18)27-22(24)17-8-3-2-4-9-17/h2-13H,14H2,1H3,(H3,24,25,26,27,28). The lowest BCUT2D eigenvalue weighted by Crippen LogP contribution is -2.26. The van der Waals surface area contributed by atoms with Crippen LogP contribution in [0.15, 0.2) is 82.6 Å². The third-order valence-corrected chi connectivity index (χ3v) is 4.55. The first-order chi connectivity index (χ1) is 14.1. The Hall–Kier alpha value is -3.93. The van der Waals surface area contributed by atoms with Gasteiger partial charge in [-0.1, -0.05) is 66.7 Å². The normalized spacial score (nSPS) is 11.6. The molecule has 144 valence electrons. The molecule has 0 atom stereocenters. The van der Waals surface area contributed by atoms with Crippen molar-refractivity contribution in [3.05, 3.63) is 106 Å². The van der Waals surface area contributed by atoms with Crippen molar-refractivity contribution in [1.82, 2.24) is 9.97 Å². The lowest BCUT2D eigenvalue weighted by atomic mass is 10.1. The second-order valence-corrected chi connectivity index (χ2v) is 6.68. The number of fused-ring (bicyclic) bond motifs is 1. The summed E-state index contributed by atoms with van der Waals surface area (Å²) in [7, 11) is 0. The molecule has 6 heteroatoms. The fourth-order valence-corrected chi connectivity index (χ4v) is 3.13. The summed E-state index contributed by atoms with van der Waals surface area (Å²) in [6.07, 6.45) is 0. The van der Waals surface area contributed by atoms with Crippen molar-refractivity contribution in [2.45, 2.75) is 13.5 Å². The molecule has 0 aliphatic heterocycles. The van der Waals surface area contributed by atoms with Gasteiger partial charge in [-0.2, -0.15) is 4.99 Å². The molecule has 3 aromatic carbocycles. The van der Waals surface area contributed by atoms with Gasteiger partial charge in [0.05, 0.1) is 5.69 Å². The molecule has 0 aliphatic rings. The first kappa shape index (κ1) is 18.4. The summed E-state index contributed by atoms with van der Waals surface area (Å²) < 4.78 is 6.06. The number of benzene rings is 3. The van der Waals surface area contributed by atoms with E-state index in [2.05, 4.69) is 21.0 Å². The van der Waals surface area contributed by atoms with Crippen LogP contribution in [0.5, 0.6) is 5.75 Å². The van der Waals surface area contributed by atoms with Gasteiger partial charge in [-0.3, -0.25) is 15.2 Å². The fraction of sp³-hybridized carbons (Fsp3) is 0.0870. The number of amidine groups is 1. The molecule has 3 N–H and O–H groups in total. The predicted molar refractivity (Wildman–Crippen MR) is 113 cm³/mol. The molecule has 0 saturated carbocycles. The van der Waals surface area contributed by atoms with Gasteiger partial charge in [0.2, 0.25) is 5.62 Å². The van der Waals surface area contributed by atoms with Crippen LogP contribution in [0.2, 0.25) is 0 Å². The molecule has 0 spiro atoms. The summed E-state index contributed by atoms with van der Waals surface area (Å²) >= 11 is 0. The second kappa shape index (κ2) is 7.98. The molecule has 0 bridgehead atoms. The van der Waals surface area contributed by atoms with E-state index in [1.165, 1.54) is 6.07 Å². The van der Waals surface area contributed by atoms with E-state index in [4.69, 9.17) is 10.1 Å². The van der Waals surface area contributed by atoms with Crippen LogP contribution in [-0.2, 0) is 6.61 Å². The van der Waals surface area contributed by atoms with Crippen molar-refractivity contribution in [2.24, 2.45) is 4.99 Å². The summed E-state index contributed by atoms with van der Waals surface area (Å²) in [6.45, 7) is 2.17. The average molecular weight is 384 g/mol. The zero-order valence-electron chi connectivity index (χ0n) is 15.9. The molecule has 0 saturated heterocycles. The lowest BCUT2D eigenvalue weighted by Gasteiger charge is -2.12. The van der Waals surface area contributed by atoms with Gasteiger partial charge in [-0.15, -0.1) is 0 Å². The second-order valence-electron chi connectivity index (χ2n) is 6.68. The number of ether oxygens (including phenoxy) is 1. The van der Waals surface area contributed by atoms with Crippen LogP contribution in [-0.4, -0.2) is 15.8 Å². The van der Waals surface area contributed by atoms with E-state index in [0.29, 0.717) is 11.3 Å². The highest BCUT2D eigenvalue weighted by Crippen LogP contribution is 2.29. The number of nitrogens with one attached hydrogen (secondary N) is 3. The van der Waals surface area contributed by atoms with Crippen LogP contribution in [0.3, 0.4) is 0 Å². The molecule has 0 amide bonds. The third kappa shape index (κ3) is 4.16. The first-order valence-corrected chi connectivity index (χ1v) is 9.22. The van der Waals surface area contributed by atoms with Crippen LogP contribution < -0.4 is 15.9 Å². The molecule has 0 fully saturated rings. The Labute approximate surface area is 167 Å². The Morgan fingerprint density at radius 1 is 1.00 bits per heavy atom. The van der Waals surface area contributed by atoms with Gasteiger partial charge in [-0.05, 0) is 17.9 Å². The van der Waals surface area contributed by atoms with Crippen LogP contribution >= 0.6 is 0 Å². The molecule has 1 aromatic heterocycles. The summed E-state index contributed by atoms with van der Waals surface area (Å²) in [5.41, 5.74) is 2.15. The fourth-order valence-electron chi connectivity index (χ4n) is 3.13. The van der Waals surface area contributed by atoms with Crippen molar-refractivity contribution in [2.75, 3.05) is 0 Å². The Morgan fingerprint density at radius 2 is 1.76 bits per heavy atom. The first-order valence-electron chi connectivity index (χ1n) is 9.22. The Kier molecular flexibility index (Phi) is 5.07. The number of aromatic amines is 2. The van der Waals surface area contributed by atoms with Crippen molar-refractivity contribution < 1.29 is 4.74 Å². The Bertz CT molecular complexity index is 1300. The number of H-pyrrole nitrogens is 2. The van der Waals surface area contributed by atoms with E-state index in [9.17, 15) is 4.79 Å². The molecule has 1 heterocycles. The van der Waals surface area contributed by atoms with Crippen molar-refractivity contribution in [3.63, 3.8) is 0 Å². The number of hydrogen-bond acceptors (Lipinski definition) is 3. The number of rotatable bonds is 4. The Balaban J connectivity index is 1.63. The topological polar surface area (TPSA) is 94.1 Å². The molecule has 4 aromatic rings. The quantitative estimate of drug-likeness (QED) is 0.370. The predicted octanol–water partition coefficient (Wildman–Crippen LogP) is 3.67. The number of hydrogen-bond donors (Lipinski definition) is 3. The Morgan fingerprint density at radius 3 is 2.59 bits per heavy atom. The van der Waals surface area contributed by atoms with Gasteiger partial charge in [0.25, 0.3) is 5.56 Å². The maximum Gasteiger partial charge on any atom is 0.252 e. The molecular weight excluding hydrogens is 364 g/mol. The van der Waals surface area contributed by atoms with Gasteiger partial charge in [-0.25, -0.2) is 0 Å². The van der Waals surface area contributed by atoms with Gasteiger partial charge in [0, 0.05) is 17.0 Å². The van der Waals surface area contributed by atoms with Crippen LogP contribution in [0.4, 0.5) is 0 Å². The minimum Gasteiger partial charge on any atom is -0.486 e. The van der Waals surface area contributed by atoms with Crippen LogP contribution in [0, 0.1) is 12.3 Å². The molecule has 0 aliphatic carbocycles. The lowest BCUT2D eigenvalue weighted by molar-refractivity contribution is 0.302. The number of nitrogens with zero attached hydrogens (tertiary/aromatic N) is 1. The van der Waals surface area contributed by atoms with E-state index in [0.717, 1.165) is 22.1 Å². The molecule has 29 heavy (non-hydrogen) atoms. The highest BCUT2D eigenvalue weighted by Gasteiger charge is 2.07. The van der Waals surface area contributed by atoms with Crippen LogP contribution in [0.25, 0.3) is 10.8 Å². The molecule has 0 unspecified atom stereocenters. The zero-order valence-corrected chi connectivity index (χ0v) is 15.9. The number of aryl methyl sites for hydroxylation is 1. The van der Waals surface area contributed by atoms with Gasteiger partial charge in [0.1, 0.15) is 12.4 Å². The summed E-state index contributed by atoms with van der Waals surface area (Å²) in [4.78, 5) is 21.9. The van der Waals surface area contributed by atoms with Crippen molar-refractivity contribution in [1.29, 1.82) is 5.41 Å². The maximum atomic E-state index is 12.1. The summed E-state index contributed by atoms with van der Waals surface area (Å²) in [5, 5.41) is 10.2.